The van der Waals surface area contributed by atoms with E-state index >= 15 is 0 Å². The summed E-state index contributed by atoms with van der Waals surface area (Å²) < 4.78 is 4.68. The molecule has 0 saturated heterocycles. The quantitative estimate of drug-likeness (QED) is 0.826. The minimum Gasteiger partial charge on any atom is -0.343 e. The first-order valence-electron chi connectivity index (χ1n) is 5.42. The Bertz CT molecular complexity index is 441. The number of rotatable bonds is 5. The molecule has 0 fully saturated rings. The molecule has 17 heavy (non-hydrogen) atoms. The zero-order chi connectivity index (χ0) is 12.1. The zero-order valence-electron chi connectivity index (χ0n) is 9.88. The highest BCUT2D eigenvalue weighted by atomic mass is 32.2. The van der Waals surface area contributed by atoms with Crippen molar-refractivity contribution in [1.82, 2.24) is 15.5 Å². The highest BCUT2D eigenvalue weighted by molar-refractivity contribution is 7.98. The fraction of sp³-hybridized carbons (Fsp3) is 0.333. The molecule has 0 aliphatic rings. The number of hydrogen-bond donors (Lipinski definition) is 1. The van der Waals surface area contributed by atoms with Gasteiger partial charge in [-0.05, 0) is 30.9 Å². The summed E-state index contributed by atoms with van der Waals surface area (Å²) in [5, 5.41) is 7.10. The van der Waals surface area contributed by atoms with Gasteiger partial charge in [0.1, 0.15) is 0 Å². The van der Waals surface area contributed by atoms with Crippen LogP contribution in [0.4, 0.5) is 0 Å². The van der Waals surface area contributed by atoms with Gasteiger partial charge in [0.2, 0.25) is 6.39 Å². The molecule has 0 radical (unpaired) electrons. The van der Waals surface area contributed by atoms with Gasteiger partial charge in [0, 0.05) is 10.9 Å². The standard InChI is InChI=1S/C12H15N3OS/c1-9(13-7-12-14-8-16-15-12)10-3-5-11(17-2)6-4-10/h3-6,8-9,13H,7H2,1-2H3. The second kappa shape index (κ2) is 5.84. The average molecular weight is 249 g/mol. The van der Waals surface area contributed by atoms with Gasteiger partial charge < -0.3 is 9.84 Å². The number of thioether (sulfide) groups is 1. The Morgan fingerprint density at radius 3 is 2.71 bits per heavy atom. The molecule has 2 aromatic rings. The van der Waals surface area contributed by atoms with Crippen molar-refractivity contribution in [3.63, 3.8) is 0 Å². The van der Waals surface area contributed by atoms with Crippen LogP contribution < -0.4 is 5.32 Å². The summed E-state index contributed by atoms with van der Waals surface area (Å²) in [7, 11) is 0. The molecule has 0 aliphatic heterocycles. The first-order valence-corrected chi connectivity index (χ1v) is 6.64. The SMILES string of the molecule is CSc1ccc(C(C)NCc2ncon2)cc1. The van der Waals surface area contributed by atoms with E-state index in [1.54, 1.807) is 11.8 Å². The van der Waals surface area contributed by atoms with Gasteiger partial charge in [0.25, 0.3) is 0 Å². The normalized spacial score (nSPS) is 12.6. The molecule has 1 aromatic carbocycles. The lowest BCUT2D eigenvalue weighted by molar-refractivity contribution is 0.405. The Labute approximate surface area is 105 Å². The molecule has 0 spiro atoms. The van der Waals surface area contributed by atoms with Gasteiger partial charge in [-0.2, -0.15) is 4.98 Å². The van der Waals surface area contributed by atoms with Crippen LogP contribution in [-0.4, -0.2) is 16.4 Å². The van der Waals surface area contributed by atoms with Crippen molar-refractivity contribution in [3.05, 3.63) is 42.0 Å². The lowest BCUT2D eigenvalue weighted by atomic mass is 10.1. The number of aromatic nitrogens is 2. The molecule has 0 aliphatic carbocycles. The first-order chi connectivity index (χ1) is 8.29. The Morgan fingerprint density at radius 1 is 1.35 bits per heavy atom. The molecule has 90 valence electrons. The maximum absolute atomic E-state index is 4.68. The monoisotopic (exact) mass is 249 g/mol. The van der Waals surface area contributed by atoms with Crippen LogP contribution in [0.2, 0.25) is 0 Å². The lowest BCUT2D eigenvalue weighted by Crippen LogP contribution is -2.18. The van der Waals surface area contributed by atoms with Gasteiger partial charge in [-0.15, -0.1) is 11.8 Å². The third kappa shape index (κ3) is 3.31. The molecular weight excluding hydrogens is 234 g/mol. The van der Waals surface area contributed by atoms with Crippen molar-refractivity contribution in [1.29, 1.82) is 0 Å². The number of hydrogen-bond acceptors (Lipinski definition) is 5. The Morgan fingerprint density at radius 2 is 2.12 bits per heavy atom. The molecule has 1 atom stereocenters. The lowest BCUT2D eigenvalue weighted by Gasteiger charge is -2.13. The second-order valence-corrected chi connectivity index (χ2v) is 4.60. The van der Waals surface area contributed by atoms with Gasteiger partial charge in [-0.25, -0.2) is 0 Å². The Kier molecular flexibility index (Phi) is 4.17. The molecular formula is C12H15N3OS. The maximum Gasteiger partial charge on any atom is 0.213 e. The van der Waals surface area contributed by atoms with Crippen molar-refractivity contribution in [2.45, 2.75) is 24.4 Å². The first kappa shape index (κ1) is 12.1. The zero-order valence-corrected chi connectivity index (χ0v) is 10.7. The summed E-state index contributed by atoms with van der Waals surface area (Å²) in [5.74, 6) is 0.678. The predicted octanol–water partition coefficient (Wildman–Crippen LogP) is 2.64. The number of nitrogens with one attached hydrogen (secondary N) is 1. The summed E-state index contributed by atoms with van der Waals surface area (Å²) >= 11 is 1.75. The third-order valence-electron chi connectivity index (χ3n) is 2.59. The van der Waals surface area contributed by atoms with E-state index in [0.717, 1.165) is 0 Å². The van der Waals surface area contributed by atoms with Crippen molar-refractivity contribution in [3.8, 4) is 0 Å². The molecule has 1 heterocycles. The van der Waals surface area contributed by atoms with E-state index in [-0.39, 0.29) is 6.04 Å². The fourth-order valence-corrected chi connectivity index (χ4v) is 1.93. The van der Waals surface area contributed by atoms with Gasteiger partial charge in [-0.3, -0.25) is 0 Å². The van der Waals surface area contributed by atoms with Crippen LogP contribution in [0.15, 0.2) is 40.1 Å². The minimum absolute atomic E-state index is 0.268. The second-order valence-electron chi connectivity index (χ2n) is 3.72. The molecule has 1 unspecified atom stereocenters. The largest absolute Gasteiger partial charge is 0.343 e. The van der Waals surface area contributed by atoms with Crippen LogP contribution in [0.1, 0.15) is 24.4 Å². The summed E-state index contributed by atoms with van der Waals surface area (Å²) in [5.41, 5.74) is 1.26. The summed E-state index contributed by atoms with van der Waals surface area (Å²) in [4.78, 5) is 5.24. The summed E-state index contributed by atoms with van der Waals surface area (Å²) in [6.07, 6.45) is 3.42. The molecule has 1 aromatic heterocycles. The van der Waals surface area contributed by atoms with E-state index in [1.165, 1.54) is 16.9 Å². The summed E-state index contributed by atoms with van der Waals surface area (Å²) in [6, 6.07) is 8.81. The van der Waals surface area contributed by atoms with Crippen LogP contribution in [0.3, 0.4) is 0 Å². The fourth-order valence-electron chi connectivity index (χ4n) is 1.53. The minimum atomic E-state index is 0.268. The molecule has 0 saturated carbocycles. The van der Waals surface area contributed by atoms with Crippen LogP contribution >= 0.6 is 11.8 Å². The molecule has 5 heteroatoms. The van der Waals surface area contributed by atoms with Crippen molar-refractivity contribution in [2.75, 3.05) is 6.26 Å². The predicted molar refractivity (Wildman–Crippen MR) is 67.8 cm³/mol. The van der Waals surface area contributed by atoms with Crippen molar-refractivity contribution in [2.24, 2.45) is 0 Å². The third-order valence-corrected chi connectivity index (χ3v) is 3.33. The molecule has 1 N–H and O–H groups in total. The van der Waals surface area contributed by atoms with Gasteiger partial charge in [-0.1, -0.05) is 17.3 Å². The summed E-state index contributed by atoms with van der Waals surface area (Å²) in [6.45, 7) is 2.73. The van der Waals surface area contributed by atoms with Crippen LogP contribution in [0.5, 0.6) is 0 Å². The average Bonchev–Trinajstić information content (AvgIpc) is 2.89. The molecule has 2 rings (SSSR count). The topological polar surface area (TPSA) is 51.0 Å². The molecule has 0 amide bonds. The highest BCUT2D eigenvalue weighted by Crippen LogP contribution is 2.18. The van der Waals surface area contributed by atoms with Gasteiger partial charge >= 0.3 is 0 Å². The van der Waals surface area contributed by atoms with E-state index in [0.29, 0.717) is 12.4 Å². The van der Waals surface area contributed by atoms with E-state index in [4.69, 9.17) is 0 Å². The van der Waals surface area contributed by atoms with Gasteiger partial charge in [0.05, 0.1) is 6.54 Å². The van der Waals surface area contributed by atoms with Crippen LogP contribution in [0, 0.1) is 0 Å². The van der Waals surface area contributed by atoms with E-state index in [1.807, 2.05) is 0 Å². The van der Waals surface area contributed by atoms with E-state index in [2.05, 4.69) is 57.4 Å². The number of nitrogens with zero attached hydrogens (tertiary/aromatic N) is 2. The van der Waals surface area contributed by atoms with E-state index < -0.39 is 0 Å². The van der Waals surface area contributed by atoms with E-state index in [9.17, 15) is 0 Å². The molecule has 0 bridgehead atoms. The highest BCUT2D eigenvalue weighted by Gasteiger charge is 2.06. The van der Waals surface area contributed by atoms with Crippen LogP contribution in [0.25, 0.3) is 0 Å². The maximum atomic E-state index is 4.68. The smallest absolute Gasteiger partial charge is 0.213 e. The van der Waals surface area contributed by atoms with Crippen molar-refractivity contribution >= 4 is 11.8 Å². The Hall–Kier alpha value is -1.33. The molecule has 4 nitrogen and oxygen atoms in total. The van der Waals surface area contributed by atoms with Gasteiger partial charge in [0.15, 0.2) is 5.82 Å². The van der Waals surface area contributed by atoms with Crippen molar-refractivity contribution < 1.29 is 4.52 Å². The van der Waals surface area contributed by atoms with Crippen LogP contribution in [-0.2, 0) is 6.54 Å². The number of benzene rings is 1. The Balaban J connectivity index is 1.92.